The average Bonchev–Trinajstić information content (AvgIpc) is 2.73. The second-order valence-electron chi connectivity index (χ2n) is 7.33. The lowest BCUT2D eigenvalue weighted by Gasteiger charge is -2.44. The molecule has 0 N–H and O–H groups in total. The summed E-state index contributed by atoms with van der Waals surface area (Å²) in [6, 6.07) is 32.8. The molecule has 1 nitrogen and oxygen atoms in total. The first-order chi connectivity index (χ1) is 13.1. The summed E-state index contributed by atoms with van der Waals surface area (Å²) < 4.78 is 6.99. The van der Waals surface area contributed by atoms with Gasteiger partial charge >= 0.3 is 0 Å². The van der Waals surface area contributed by atoms with E-state index in [-0.39, 0.29) is 0 Å². The third-order valence-electron chi connectivity index (χ3n) is 5.38. The quantitative estimate of drug-likeness (QED) is 0.322. The van der Waals surface area contributed by atoms with Crippen molar-refractivity contribution in [3.63, 3.8) is 0 Å². The minimum Gasteiger partial charge on any atom is -0.410 e. The first-order valence-corrected chi connectivity index (χ1v) is 15.4. The summed E-state index contributed by atoms with van der Waals surface area (Å²) in [5, 5.41) is 4.17. The van der Waals surface area contributed by atoms with Crippen LogP contribution in [0.4, 0.5) is 0 Å². The number of rotatable bonds is 8. The Hall–Kier alpha value is -2.21. The van der Waals surface area contributed by atoms with E-state index in [4.69, 9.17) is 4.43 Å². The minimum absolute atomic E-state index is 0.711. The van der Waals surface area contributed by atoms with Crippen LogP contribution in [0.3, 0.4) is 0 Å². The predicted octanol–water partition coefficient (Wildman–Crippen LogP) is 4.03. The van der Waals surface area contributed by atoms with Gasteiger partial charge in [-0.3, -0.25) is 0 Å². The molecule has 0 spiro atoms. The van der Waals surface area contributed by atoms with Crippen molar-refractivity contribution < 1.29 is 4.43 Å². The topological polar surface area (TPSA) is 9.23 Å². The van der Waals surface area contributed by atoms with Gasteiger partial charge in [0.1, 0.15) is 7.59 Å². The van der Waals surface area contributed by atoms with Crippen molar-refractivity contribution >= 4 is 31.0 Å². The van der Waals surface area contributed by atoms with Crippen molar-refractivity contribution in [1.82, 2.24) is 0 Å². The van der Waals surface area contributed by atoms with Crippen LogP contribution in [0.2, 0.25) is 13.1 Å². The Morgan fingerprint density at radius 2 is 1.11 bits per heavy atom. The maximum absolute atomic E-state index is 6.99. The molecule has 0 aliphatic rings. The van der Waals surface area contributed by atoms with E-state index >= 15 is 0 Å². The van der Waals surface area contributed by atoms with Gasteiger partial charge in [0.05, 0.1) is 0 Å². The largest absolute Gasteiger partial charge is 0.410 e. The Labute approximate surface area is 165 Å². The Bertz CT molecular complexity index is 806. The molecule has 0 radical (unpaired) electrons. The number of hydrogen-bond donors (Lipinski definition) is 0. The zero-order valence-corrected chi connectivity index (χ0v) is 18.3. The molecule has 0 aliphatic carbocycles. The fourth-order valence-corrected chi connectivity index (χ4v) is 18.0. The van der Waals surface area contributed by atoms with E-state index in [9.17, 15) is 0 Å². The summed E-state index contributed by atoms with van der Waals surface area (Å²) in [4.78, 5) is 0. The van der Waals surface area contributed by atoms with E-state index in [0.29, 0.717) is 6.61 Å². The van der Waals surface area contributed by atoms with Gasteiger partial charge in [0.2, 0.25) is 7.83 Å². The molecule has 0 aliphatic heterocycles. The molecular formula is C24H28OSi2. The van der Waals surface area contributed by atoms with Gasteiger partial charge in [0, 0.05) is 6.61 Å². The highest BCUT2D eigenvalue weighted by molar-refractivity contribution is 7.52. The van der Waals surface area contributed by atoms with Gasteiger partial charge in [-0.2, -0.15) is 0 Å². The fraction of sp³-hybridized carbons (Fsp3) is 0.167. The normalized spacial score (nSPS) is 11.9. The number of benzene rings is 3. The van der Waals surface area contributed by atoms with E-state index in [1.54, 1.807) is 0 Å². The zero-order valence-electron chi connectivity index (χ0n) is 16.3. The molecule has 0 heterocycles. The summed E-state index contributed by atoms with van der Waals surface area (Å²) in [5.74, 6) is 0. The molecule has 3 aromatic rings. The van der Waals surface area contributed by atoms with Crippen LogP contribution in [-0.2, 0) is 4.43 Å². The summed E-state index contributed by atoms with van der Waals surface area (Å²) >= 11 is 0. The van der Waals surface area contributed by atoms with Gasteiger partial charge in [-0.25, -0.2) is 0 Å². The summed E-state index contributed by atoms with van der Waals surface area (Å²) in [7, 11) is -4.47. The van der Waals surface area contributed by atoms with E-state index in [2.05, 4.69) is 111 Å². The lowest BCUT2D eigenvalue weighted by atomic mass is 10.4. The van der Waals surface area contributed by atoms with Crippen LogP contribution in [0.5, 0.6) is 0 Å². The second kappa shape index (κ2) is 8.65. The molecule has 0 aromatic heterocycles. The van der Waals surface area contributed by atoms with Crippen LogP contribution in [0.25, 0.3) is 0 Å². The maximum Gasteiger partial charge on any atom is 0.245 e. The Balaban J connectivity index is 2.27. The van der Waals surface area contributed by atoms with Crippen LogP contribution in [0.15, 0.2) is 104 Å². The van der Waals surface area contributed by atoms with E-state index in [0.717, 1.165) is 6.42 Å². The molecule has 138 valence electrons. The lowest BCUT2D eigenvalue weighted by Crippen LogP contribution is -2.80. The highest BCUT2D eigenvalue weighted by atomic mass is 29.3. The molecule has 3 aromatic carbocycles. The molecule has 0 amide bonds. The molecule has 0 atom stereocenters. The highest BCUT2D eigenvalue weighted by Gasteiger charge is 2.54. The first-order valence-electron chi connectivity index (χ1n) is 9.54. The van der Waals surface area contributed by atoms with Crippen LogP contribution < -0.4 is 15.6 Å². The molecule has 3 rings (SSSR count). The maximum atomic E-state index is 6.99. The van der Waals surface area contributed by atoms with Crippen molar-refractivity contribution in [2.45, 2.75) is 19.5 Å². The van der Waals surface area contributed by atoms with Crippen LogP contribution in [0.1, 0.15) is 6.42 Å². The highest BCUT2D eigenvalue weighted by Crippen LogP contribution is 2.22. The van der Waals surface area contributed by atoms with Gasteiger partial charge in [-0.05, 0) is 16.8 Å². The predicted molar refractivity (Wildman–Crippen MR) is 122 cm³/mol. The summed E-state index contributed by atoms with van der Waals surface area (Å²) in [6.45, 7) is 9.55. The molecule has 0 fully saturated rings. The van der Waals surface area contributed by atoms with Gasteiger partial charge in [0.25, 0.3) is 0 Å². The third kappa shape index (κ3) is 3.76. The molecule has 0 unspecified atom stereocenters. The van der Waals surface area contributed by atoms with Crippen molar-refractivity contribution in [1.29, 1.82) is 0 Å². The molecule has 0 saturated heterocycles. The Kier molecular flexibility index (Phi) is 6.27. The monoisotopic (exact) mass is 388 g/mol. The van der Waals surface area contributed by atoms with Gasteiger partial charge < -0.3 is 4.43 Å². The van der Waals surface area contributed by atoms with Crippen molar-refractivity contribution in [2.75, 3.05) is 6.61 Å². The van der Waals surface area contributed by atoms with E-state index < -0.39 is 15.4 Å². The van der Waals surface area contributed by atoms with Crippen LogP contribution in [-0.4, -0.2) is 22.0 Å². The van der Waals surface area contributed by atoms with Crippen LogP contribution >= 0.6 is 0 Å². The third-order valence-corrected chi connectivity index (χ3v) is 20.2. The zero-order chi connectivity index (χ0) is 19.2. The SMILES string of the molecule is C=CCCO[Si](c1ccccc1)(c1ccccc1)[Si](C)(C)c1ccccc1. The first kappa shape index (κ1) is 19.6. The molecule has 0 saturated carbocycles. The fourth-order valence-electron chi connectivity index (χ4n) is 3.93. The Morgan fingerprint density at radius 3 is 1.52 bits per heavy atom. The smallest absolute Gasteiger partial charge is 0.245 e. The van der Waals surface area contributed by atoms with Gasteiger partial charge in [-0.1, -0.05) is 115 Å². The van der Waals surface area contributed by atoms with E-state index in [1.165, 1.54) is 15.6 Å². The Morgan fingerprint density at radius 1 is 0.704 bits per heavy atom. The average molecular weight is 389 g/mol. The van der Waals surface area contributed by atoms with Gasteiger partial charge in [-0.15, -0.1) is 6.58 Å². The minimum atomic E-state index is -2.46. The number of hydrogen-bond acceptors (Lipinski definition) is 1. The molecular weight excluding hydrogens is 360 g/mol. The van der Waals surface area contributed by atoms with E-state index in [1.807, 2.05) is 6.08 Å². The molecule has 0 bridgehead atoms. The van der Waals surface area contributed by atoms with Crippen molar-refractivity contribution in [2.24, 2.45) is 0 Å². The van der Waals surface area contributed by atoms with Crippen LogP contribution in [0, 0.1) is 0 Å². The molecule has 27 heavy (non-hydrogen) atoms. The summed E-state index contributed by atoms with van der Waals surface area (Å²) in [6.07, 6.45) is 2.82. The summed E-state index contributed by atoms with van der Waals surface area (Å²) in [5.41, 5.74) is 0. The van der Waals surface area contributed by atoms with Crippen molar-refractivity contribution in [3.8, 4) is 0 Å². The second-order valence-corrected chi connectivity index (χ2v) is 19.8. The lowest BCUT2D eigenvalue weighted by molar-refractivity contribution is 0.334. The molecule has 3 heteroatoms. The van der Waals surface area contributed by atoms with Crippen molar-refractivity contribution in [3.05, 3.63) is 104 Å². The standard InChI is InChI=1S/C24H28OSi2/c1-4-5-21-25-27(23-17-11-7-12-18-23,24-19-13-8-14-20-24)26(2,3)22-15-9-6-10-16-22/h4,6-20H,1,5,21H2,2-3H3. The van der Waals surface area contributed by atoms with Gasteiger partial charge in [0.15, 0.2) is 0 Å².